The molecule has 2 heterocycles. The molecular weight excluding hydrogens is 314 g/mol. The van der Waals surface area contributed by atoms with E-state index in [1.807, 2.05) is 6.07 Å². The third-order valence-corrected chi connectivity index (χ3v) is 4.88. The van der Waals surface area contributed by atoms with Crippen molar-refractivity contribution in [2.75, 3.05) is 32.3 Å². The first-order chi connectivity index (χ1) is 12.1. The Morgan fingerprint density at radius 1 is 1.12 bits per heavy atom. The normalized spacial score (nSPS) is 15.2. The second kappa shape index (κ2) is 7.83. The smallest absolute Gasteiger partial charge is 0.218 e. The summed E-state index contributed by atoms with van der Waals surface area (Å²) >= 11 is 0. The summed E-state index contributed by atoms with van der Waals surface area (Å²) in [5, 5.41) is 0. The van der Waals surface area contributed by atoms with E-state index in [0.29, 0.717) is 11.8 Å². The number of aromatic nitrogens is 2. The Morgan fingerprint density at radius 3 is 2.56 bits per heavy atom. The molecule has 1 aliphatic rings. The van der Waals surface area contributed by atoms with Gasteiger partial charge >= 0.3 is 0 Å². The van der Waals surface area contributed by atoms with Crippen LogP contribution in [0.1, 0.15) is 41.3 Å². The van der Waals surface area contributed by atoms with Crippen molar-refractivity contribution in [2.45, 2.75) is 39.2 Å². The molecule has 0 aliphatic carbocycles. The van der Waals surface area contributed by atoms with Crippen molar-refractivity contribution >= 4 is 5.82 Å². The van der Waals surface area contributed by atoms with Crippen LogP contribution in [0.4, 0.5) is 5.82 Å². The van der Waals surface area contributed by atoms with E-state index in [2.05, 4.69) is 49.0 Å². The summed E-state index contributed by atoms with van der Waals surface area (Å²) in [5.41, 5.74) is 3.90. The molecule has 1 aromatic heterocycles. The van der Waals surface area contributed by atoms with E-state index < -0.39 is 0 Å². The number of hydrogen-bond donors (Lipinski definition) is 0. The molecule has 5 nitrogen and oxygen atoms in total. The van der Waals surface area contributed by atoms with Gasteiger partial charge in [0.15, 0.2) is 0 Å². The summed E-state index contributed by atoms with van der Waals surface area (Å²) in [6.45, 7) is 6.64. The second-order valence-electron chi connectivity index (χ2n) is 6.79. The number of methoxy groups -OCH3 is 1. The van der Waals surface area contributed by atoms with Gasteiger partial charge in [0.2, 0.25) is 5.88 Å². The van der Waals surface area contributed by atoms with Crippen molar-refractivity contribution in [3.05, 3.63) is 46.8 Å². The topological polar surface area (TPSA) is 47.5 Å². The highest BCUT2D eigenvalue weighted by Crippen LogP contribution is 2.28. The lowest BCUT2D eigenvalue weighted by molar-refractivity contribution is 0.0834. The van der Waals surface area contributed by atoms with Crippen LogP contribution in [-0.4, -0.2) is 37.3 Å². The van der Waals surface area contributed by atoms with Crippen molar-refractivity contribution in [1.29, 1.82) is 0 Å². The maximum atomic E-state index is 5.46. The Bertz CT molecular complexity index is 727. The van der Waals surface area contributed by atoms with Crippen LogP contribution in [0, 0.1) is 13.8 Å². The van der Waals surface area contributed by atoms with Crippen molar-refractivity contribution in [3.8, 4) is 5.88 Å². The molecule has 0 N–H and O–H groups in total. The van der Waals surface area contributed by atoms with Gasteiger partial charge in [-0.1, -0.05) is 18.2 Å². The Kier molecular flexibility index (Phi) is 5.53. The maximum Gasteiger partial charge on any atom is 0.218 e. The molecular formula is C20H27N3O2. The predicted molar refractivity (Wildman–Crippen MR) is 99.4 cm³/mol. The van der Waals surface area contributed by atoms with E-state index in [4.69, 9.17) is 14.5 Å². The van der Waals surface area contributed by atoms with Crippen LogP contribution in [-0.2, 0) is 11.3 Å². The largest absolute Gasteiger partial charge is 0.481 e. The van der Waals surface area contributed by atoms with Crippen molar-refractivity contribution in [3.63, 3.8) is 0 Å². The van der Waals surface area contributed by atoms with Crippen LogP contribution in [0.3, 0.4) is 0 Å². The molecule has 1 aliphatic heterocycles. The molecule has 0 atom stereocenters. The van der Waals surface area contributed by atoms with Gasteiger partial charge in [-0.3, -0.25) is 0 Å². The lowest BCUT2D eigenvalue weighted by Gasteiger charge is -2.24. The summed E-state index contributed by atoms with van der Waals surface area (Å²) < 4.78 is 10.9. The Labute approximate surface area is 150 Å². The van der Waals surface area contributed by atoms with Gasteiger partial charge < -0.3 is 14.4 Å². The number of hydrogen-bond acceptors (Lipinski definition) is 5. The Hall–Kier alpha value is -2.14. The summed E-state index contributed by atoms with van der Waals surface area (Å²) in [6.07, 6.45) is 1.93. The summed E-state index contributed by atoms with van der Waals surface area (Å²) in [7, 11) is 3.72. The Morgan fingerprint density at radius 2 is 1.88 bits per heavy atom. The first-order valence-electron chi connectivity index (χ1n) is 8.85. The second-order valence-corrected chi connectivity index (χ2v) is 6.79. The van der Waals surface area contributed by atoms with Crippen LogP contribution >= 0.6 is 0 Å². The number of benzene rings is 1. The molecule has 0 saturated carbocycles. The van der Waals surface area contributed by atoms with Gasteiger partial charge in [0.25, 0.3) is 0 Å². The molecule has 0 unspecified atom stereocenters. The fourth-order valence-electron chi connectivity index (χ4n) is 3.13. The van der Waals surface area contributed by atoms with Crippen molar-refractivity contribution in [1.82, 2.24) is 9.97 Å². The van der Waals surface area contributed by atoms with Crippen LogP contribution in [0.25, 0.3) is 0 Å². The zero-order valence-corrected chi connectivity index (χ0v) is 15.6. The Balaban J connectivity index is 1.82. The fraction of sp³-hybridized carbons (Fsp3) is 0.500. The van der Waals surface area contributed by atoms with E-state index in [9.17, 15) is 0 Å². The summed E-state index contributed by atoms with van der Waals surface area (Å²) in [5.74, 6) is 2.73. The van der Waals surface area contributed by atoms with E-state index in [1.165, 1.54) is 16.7 Å². The number of anilines is 1. The van der Waals surface area contributed by atoms with E-state index in [1.54, 1.807) is 7.11 Å². The average molecular weight is 341 g/mol. The maximum absolute atomic E-state index is 5.46. The molecule has 0 amide bonds. The molecule has 25 heavy (non-hydrogen) atoms. The molecule has 0 radical (unpaired) electrons. The van der Waals surface area contributed by atoms with Crippen LogP contribution in [0.2, 0.25) is 0 Å². The molecule has 1 fully saturated rings. The number of nitrogens with zero attached hydrogens (tertiary/aromatic N) is 3. The lowest BCUT2D eigenvalue weighted by atomic mass is 9.99. The van der Waals surface area contributed by atoms with Gasteiger partial charge in [-0.2, -0.15) is 4.98 Å². The van der Waals surface area contributed by atoms with E-state index in [0.717, 1.165) is 44.2 Å². The minimum absolute atomic E-state index is 0.345. The zero-order valence-electron chi connectivity index (χ0n) is 15.6. The van der Waals surface area contributed by atoms with Crippen LogP contribution in [0.5, 0.6) is 5.88 Å². The van der Waals surface area contributed by atoms with E-state index in [-0.39, 0.29) is 0 Å². The molecule has 5 heteroatoms. The highest BCUT2D eigenvalue weighted by molar-refractivity contribution is 5.43. The van der Waals surface area contributed by atoms with Gasteiger partial charge in [0.05, 0.1) is 7.11 Å². The van der Waals surface area contributed by atoms with Crippen molar-refractivity contribution in [2.24, 2.45) is 0 Å². The standard InChI is InChI=1S/C20H27N3O2/c1-14-5-6-16(11-15(14)2)13-23(3)18-12-19(24-4)22-20(21-18)17-7-9-25-10-8-17/h5-6,11-12,17H,7-10,13H2,1-4H3. The number of aryl methyl sites for hydroxylation is 2. The quantitative estimate of drug-likeness (QED) is 0.831. The van der Waals surface area contributed by atoms with Gasteiger partial charge in [0, 0.05) is 38.8 Å². The third kappa shape index (κ3) is 4.28. The van der Waals surface area contributed by atoms with E-state index >= 15 is 0 Å². The molecule has 134 valence electrons. The van der Waals surface area contributed by atoms with Gasteiger partial charge in [-0.25, -0.2) is 4.98 Å². The fourth-order valence-corrected chi connectivity index (χ4v) is 3.13. The number of rotatable bonds is 5. The predicted octanol–water partition coefficient (Wildman–Crippen LogP) is 3.63. The first-order valence-corrected chi connectivity index (χ1v) is 8.85. The number of ether oxygens (including phenoxy) is 2. The molecule has 0 spiro atoms. The van der Waals surface area contributed by atoms with Crippen LogP contribution < -0.4 is 9.64 Å². The highest BCUT2D eigenvalue weighted by Gasteiger charge is 2.21. The van der Waals surface area contributed by atoms with Gasteiger partial charge in [-0.05, 0) is 43.4 Å². The van der Waals surface area contributed by atoms with Crippen LogP contribution in [0.15, 0.2) is 24.3 Å². The molecule has 3 rings (SSSR count). The average Bonchev–Trinajstić information content (AvgIpc) is 2.65. The summed E-state index contributed by atoms with van der Waals surface area (Å²) in [6, 6.07) is 8.50. The SMILES string of the molecule is COc1cc(N(C)Cc2ccc(C)c(C)c2)nc(C2CCOCC2)n1. The monoisotopic (exact) mass is 341 g/mol. The molecule has 0 bridgehead atoms. The first kappa shape index (κ1) is 17.7. The minimum atomic E-state index is 0.345. The van der Waals surface area contributed by atoms with Gasteiger partial charge in [0.1, 0.15) is 11.6 Å². The zero-order chi connectivity index (χ0) is 17.8. The lowest BCUT2D eigenvalue weighted by Crippen LogP contribution is -2.21. The molecule has 1 aromatic carbocycles. The van der Waals surface area contributed by atoms with Crippen molar-refractivity contribution < 1.29 is 9.47 Å². The molecule has 2 aromatic rings. The molecule has 1 saturated heterocycles. The summed E-state index contributed by atoms with van der Waals surface area (Å²) in [4.78, 5) is 11.5. The van der Waals surface area contributed by atoms with Gasteiger partial charge in [-0.15, -0.1) is 0 Å². The minimum Gasteiger partial charge on any atom is -0.481 e. The highest BCUT2D eigenvalue weighted by atomic mass is 16.5. The third-order valence-electron chi connectivity index (χ3n) is 4.88.